The lowest BCUT2D eigenvalue weighted by molar-refractivity contribution is 0.0949. The third-order valence-electron chi connectivity index (χ3n) is 4.03. The van der Waals surface area contributed by atoms with Crippen molar-refractivity contribution in [1.82, 2.24) is 15.2 Å². The summed E-state index contributed by atoms with van der Waals surface area (Å²) < 4.78 is 0. The van der Waals surface area contributed by atoms with Gasteiger partial charge >= 0.3 is 0 Å². The van der Waals surface area contributed by atoms with E-state index in [9.17, 15) is 9.59 Å². The molecule has 5 nitrogen and oxygen atoms in total. The zero-order valence-corrected chi connectivity index (χ0v) is 15.4. The highest BCUT2D eigenvalue weighted by Crippen LogP contribution is 2.15. The molecular weight excluding hydrogens is 350 g/mol. The lowest BCUT2D eigenvalue weighted by Crippen LogP contribution is -2.28. The Labute approximate surface area is 156 Å². The van der Waals surface area contributed by atoms with Gasteiger partial charge in [-0.15, -0.1) is 0 Å². The van der Waals surface area contributed by atoms with E-state index in [1.54, 1.807) is 18.2 Å². The van der Waals surface area contributed by atoms with Gasteiger partial charge in [-0.25, -0.2) is 0 Å². The molecule has 3 aromatic rings. The fourth-order valence-electron chi connectivity index (χ4n) is 2.84. The maximum absolute atomic E-state index is 12.6. The van der Waals surface area contributed by atoms with Crippen LogP contribution < -0.4 is 10.7 Å². The van der Waals surface area contributed by atoms with Crippen LogP contribution in [0.2, 0.25) is 5.02 Å². The molecule has 0 saturated heterocycles. The maximum Gasteiger partial charge on any atom is 0.257 e. The molecule has 0 radical (unpaired) electrons. The van der Waals surface area contributed by atoms with Crippen molar-refractivity contribution in [2.24, 2.45) is 0 Å². The monoisotopic (exact) mass is 369 g/mol. The van der Waals surface area contributed by atoms with Gasteiger partial charge in [0.2, 0.25) is 5.43 Å². The van der Waals surface area contributed by atoms with Crippen molar-refractivity contribution in [3.63, 3.8) is 0 Å². The van der Waals surface area contributed by atoms with E-state index in [2.05, 4.69) is 15.2 Å². The van der Waals surface area contributed by atoms with Crippen LogP contribution >= 0.6 is 11.6 Å². The van der Waals surface area contributed by atoms with Crippen molar-refractivity contribution in [1.29, 1.82) is 0 Å². The van der Waals surface area contributed by atoms with E-state index in [1.807, 2.05) is 38.4 Å². The van der Waals surface area contributed by atoms with Gasteiger partial charge in [-0.2, -0.15) is 0 Å². The van der Waals surface area contributed by atoms with Crippen LogP contribution in [0, 0.1) is 0 Å². The van der Waals surface area contributed by atoms with Crippen LogP contribution in [0.4, 0.5) is 0 Å². The fraction of sp³-hybridized carbons (Fsp3) is 0.200. The van der Waals surface area contributed by atoms with Gasteiger partial charge in [-0.1, -0.05) is 35.9 Å². The van der Waals surface area contributed by atoms with E-state index in [4.69, 9.17) is 11.6 Å². The Morgan fingerprint density at radius 2 is 1.92 bits per heavy atom. The Kier molecular flexibility index (Phi) is 5.40. The van der Waals surface area contributed by atoms with Crippen LogP contribution in [0.25, 0.3) is 10.9 Å². The van der Waals surface area contributed by atoms with E-state index >= 15 is 0 Å². The van der Waals surface area contributed by atoms with Crippen molar-refractivity contribution < 1.29 is 4.79 Å². The van der Waals surface area contributed by atoms with Gasteiger partial charge in [0.05, 0.1) is 0 Å². The SMILES string of the molecule is CN(C)Cc1cccc(CNC(=O)c2c[nH]c3ccc(Cl)cc3c2=O)c1. The summed E-state index contributed by atoms with van der Waals surface area (Å²) >= 11 is 5.96. The fourth-order valence-corrected chi connectivity index (χ4v) is 3.01. The maximum atomic E-state index is 12.6. The Morgan fingerprint density at radius 3 is 2.69 bits per heavy atom. The zero-order valence-electron chi connectivity index (χ0n) is 14.7. The smallest absolute Gasteiger partial charge is 0.257 e. The van der Waals surface area contributed by atoms with Crippen LogP contribution in [0.1, 0.15) is 21.5 Å². The predicted octanol–water partition coefficient (Wildman–Crippen LogP) is 3.17. The number of amides is 1. The number of carbonyl (C=O) groups is 1. The number of H-pyrrole nitrogens is 1. The number of nitrogens with one attached hydrogen (secondary N) is 2. The van der Waals surface area contributed by atoms with Crippen molar-refractivity contribution in [2.75, 3.05) is 14.1 Å². The number of aromatic nitrogens is 1. The van der Waals surface area contributed by atoms with Gasteiger partial charge in [-0.05, 0) is 43.4 Å². The summed E-state index contributed by atoms with van der Waals surface area (Å²) in [5.41, 5.74) is 2.54. The van der Waals surface area contributed by atoms with Crippen LogP contribution in [0.5, 0.6) is 0 Å². The number of carbonyl (C=O) groups excluding carboxylic acids is 1. The van der Waals surface area contributed by atoms with Crippen LogP contribution in [0.3, 0.4) is 0 Å². The number of aromatic amines is 1. The van der Waals surface area contributed by atoms with Gasteiger partial charge in [0, 0.05) is 35.2 Å². The number of rotatable bonds is 5. The molecule has 1 aromatic heterocycles. The van der Waals surface area contributed by atoms with Crippen LogP contribution in [0.15, 0.2) is 53.5 Å². The summed E-state index contributed by atoms with van der Waals surface area (Å²) in [5, 5.41) is 3.67. The van der Waals surface area contributed by atoms with Crippen LogP contribution in [-0.2, 0) is 13.1 Å². The average Bonchev–Trinajstić information content (AvgIpc) is 2.60. The van der Waals surface area contributed by atoms with E-state index in [1.165, 1.54) is 11.8 Å². The topological polar surface area (TPSA) is 65.2 Å². The van der Waals surface area contributed by atoms with Gasteiger partial charge in [-0.3, -0.25) is 9.59 Å². The first-order chi connectivity index (χ1) is 12.4. The van der Waals surface area contributed by atoms with E-state index in [0.717, 1.165) is 12.1 Å². The highest BCUT2D eigenvalue weighted by molar-refractivity contribution is 6.31. The standard InChI is InChI=1S/C20H20ClN3O2/c1-24(2)12-14-5-3-4-13(8-14)10-23-20(26)17-11-22-18-7-6-15(21)9-16(18)19(17)25/h3-9,11H,10,12H2,1-2H3,(H,22,25)(H,23,26). The van der Waals surface area contributed by atoms with Gasteiger partial charge in [0.25, 0.3) is 5.91 Å². The first kappa shape index (κ1) is 18.2. The molecule has 134 valence electrons. The summed E-state index contributed by atoms with van der Waals surface area (Å²) in [5.74, 6) is -0.411. The molecule has 26 heavy (non-hydrogen) atoms. The van der Waals surface area contributed by atoms with Crippen LogP contribution in [-0.4, -0.2) is 29.9 Å². The molecule has 0 unspecified atom stereocenters. The molecule has 1 amide bonds. The lowest BCUT2D eigenvalue weighted by atomic mass is 10.1. The molecule has 0 saturated carbocycles. The molecule has 0 spiro atoms. The molecule has 0 atom stereocenters. The van der Waals surface area contributed by atoms with Gasteiger partial charge in [0.15, 0.2) is 0 Å². The Hall–Kier alpha value is -2.63. The predicted molar refractivity (Wildman–Crippen MR) is 105 cm³/mol. The van der Waals surface area contributed by atoms with Crippen molar-refractivity contribution >= 4 is 28.4 Å². The minimum Gasteiger partial charge on any atom is -0.360 e. The third-order valence-corrected chi connectivity index (χ3v) is 4.27. The Balaban J connectivity index is 1.77. The molecule has 6 heteroatoms. The summed E-state index contributed by atoms with van der Waals surface area (Å²) in [7, 11) is 4.01. The molecule has 3 rings (SSSR count). The summed E-state index contributed by atoms with van der Waals surface area (Å²) in [6.45, 7) is 1.18. The van der Waals surface area contributed by atoms with Crippen molar-refractivity contribution in [2.45, 2.75) is 13.1 Å². The molecule has 0 aliphatic heterocycles. The second kappa shape index (κ2) is 7.72. The highest BCUT2D eigenvalue weighted by atomic mass is 35.5. The Bertz CT molecular complexity index is 1010. The molecular formula is C20H20ClN3O2. The number of pyridine rings is 1. The molecule has 1 heterocycles. The summed E-state index contributed by atoms with van der Waals surface area (Å²) in [6.07, 6.45) is 1.44. The van der Waals surface area contributed by atoms with Crippen molar-refractivity contribution in [3.05, 3.63) is 80.6 Å². The van der Waals surface area contributed by atoms with E-state index in [-0.39, 0.29) is 11.0 Å². The molecule has 0 bridgehead atoms. The third kappa shape index (κ3) is 4.12. The van der Waals surface area contributed by atoms with Gasteiger partial charge in [0.1, 0.15) is 5.56 Å². The number of nitrogens with zero attached hydrogens (tertiary/aromatic N) is 1. The average molecular weight is 370 g/mol. The molecule has 0 aliphatic rings. The van der Waals surface area contributed by atoms with E-state index in [0.29, 0.717) is 22.5 Å². The molecule has 2 N–H and O–H groups in total. The molecule has 2 aromatic carbocycles. The number of benzene rings is 2. The first-order valence-corrected chi connectivity index (χ1v) is 8.63. The first-order valence-electron chi connectivity index (χ1n) is 8.26. The highest BCUT2D eigenvalue weighted by Gasteiger charge is 2.13. The minimum absolute atomic E-state index is 0.0733. The molecule has 0 aliphatic carbocycles. The number of halogens is 1. The lowest BCUT2D eigenvalue weighted by Gasteiger charge is -2.11. The minimum atomic E-state index is -0.411. The normalized spacial score (nSPS) is 11.1. The Morgan fingerprint density at radius 1 is 1.15 bits per heavy atom. The largest absolute Gasteiger partial charge is 0.360 e. The van der Waals surface area contributed by atoms with Crippen molar-refractivity contribution in [3.8, 4) is 0 Å². The zero-order chi connectivity index (χ0) is 18.7. The van der Waals surface area contributed by atoms with E-state index < -0.39 is 5.91 Å². The van der Waals surface area contributed by atoms with Gasteiger partial charge < -0.3 is 15.2 Å². The number of hydrogen-bond acceptors (Lipinski definition) is 3. The summed E-state index contributed by atoms with van der Waals surface area (Å²) in [6, 6.07) is 13.0. The number of hydrogen-bond donors (Lipinski definition) is 2. The molecule has 0 fully saturated rings. The number of fused-ring (bicyclic) bond motifs is 1. The summed E-state index contributed by atoms with van der Waals surface area (Å²) in [4.78, 5) is 30.1. The second-order valence-corrected chi connectivity index (χ2v) is 6.90. The second-order valence-electron chi connectivity index (χ2n) is 6.46. The quantitative estimate of drug-likeness (QED) is 0.726.